The Labute approximate surface area is 136 Å². The van der Waals surface area contributed by atoms with Crippen molar-refractivity contribution in [3.05, 3.63) is 28.2 Å². The van der Waals surface area contributed by atoms with Crippen LogP contribution in [-0.2, 0) is 4.79 Å². The van der Waals surface area contributed by atoms with Crippen LogP contribution in [0.15, 0.2) is 22.7 Å². The van der Waals surface area contributed by atoms with E-state index >= 15 is 0 Å². The molecule has 0 aliphatic heterocycles. The number of alkyl halides is 2. The lowest BCUT2D eigenvalue weighted by Crippen LogP contribution is -2.30. The van der Waals surface area contributed by atoms with E-state index in [0.29, 0.717) is 28.6 Å². The second-order valence-electron chi connectivity index (χ2n) is 5.42. The first kappa shape index (κ1) is 17.1. The summed E-state index contributed by atoms with van der Waals surface area (Å²) >= 11 is 3.30. The summed E-state index contributed by atoms with van der Waals surface area (Å²) in [5, 5.41) is 0. The number of halogens is 3. The molecule has 22 heavy (non-hydrogen) atoms. The van der Waals surface area contributed by atoms with Gasteiger partial charge in [0.15, 0.2) is 0 Å². The highest BCUT2D eigenvalue weighted by atomic mass is 79.9. The number of hydrogen-bond donors (Lipinski definition) is 0. The van der Waals surface area contributed by atoms with Crippen molar-refractivity contribution in [3.8, 4) is 5.75 Å². The first-order chi connectivity index (χ1) is 10.3. The number of carbonyl (C=O) groups is 2. The van der Waals surface area contributed by atoms with Crippen molar-refractivity contribution in [2.45, 2.75) is 51.1 Å². The predicted molar refractivity (Wildman–Crippen MR) is 81.6 cm³/mol. The number of benzene rings is 1. The summed E-state index contributed by atoms with van der Waals surface area (Å²) in [5.74, 6) is -3.08. The van der Waals surface area contributed by atoms with E-state index in [9.17, 15) is 18.4 Å². The second-order valence-corrected chi connectivity index (χ2v) is 6.28. The highest BCUT2D eigenvalue weighted by molar-refractivity contribution is 9.10. The number of hydrogen-bond acceptors (Lipinski definition) is 3. The average Bonchev–Trinajstić information content (AvgIpc) is 2.49. The van der Waals surface area contributed by atoms with E-state index in [0.717, 1.165) is 0 Å². The van der Waals surface area contributed by atoms with Gasteiger partial charge in [0.25, 0.3) is 0 Å². The Morgan fingerprint density at radius 3 is 2.50 bits per heavy atom. The molecule has 1 aromatic carbocycles. The molecular weight excluding hydrogens is 358 g/mol. The minimum Gasteiger partial charge on any atom is -0.489 e. The quantitative estimate of drug-likeness (QED) is 0.560. The van der Waals surface area contributed by atoms with Gasteiger partial charge in [-0.1, -0.05) is 6.92 Å². The highest BCUT2D eigenvalue weighted by Crippen LogP contribution is 2.36. The molecule has 2 rings (SSSR count). The van der Waals surface area contributed by atoms with Gasteiger partial charge in [-0.3, -0.25) is 9.59 Å². The smallest absolute Gasteiger partial charge is 0.248 e. The van der Waals surface area contributed by atoms with Gasteiger partial charge in [-0.25, -0.2) is 8.78 Å². The van der Waals surface area contributed by atoms with Gasteiger partial charge in [-0.05, 0) is 47.0 Å². The van der Waals surface area contributed by atoms with Crippen molar-refractivity contribution in [3.63, 3.8) is 0 Å². The minimum absolute atomic E-state index is 0.158. The zero-order valence-corrected chi connectivity index (χ0v) is 13.8. The van der Waals surface area contributed by atoms with E-state index in [1.165, 1.54) is 12.1 Å². The van der Waals surface area contributed by atoms with E-state index < -0.39 is 17.5 Å². The van der Waals surface area contributed by atoms with Gasteiger partial charge in [0.2, 0.25) is 17.5 Å². The van der Waals surface area contributed by atoms with Crippen LogP contribution in [0, 0.1) is 0 Å². The normalized spacial score (nSPS) is 18.0. The Balaban J connectivity index is 2.04. The first-order valence-corrected chi connectivity index (χ1v) is 8.03. The van der Waals surface area contributed by atoms with Gasteiger partial charge in [-0.15, -0.1) is 0 Å². The van der Waals surface area contributed by atoms with Gasteiger partial charge >= 0.3 is 0 Å². The average molecular weight is 375 g/mol. The first-order valence-electron chi connectivity index (χ1n) is 7.24. The highest BCUT2D eigenvalue weighted by Gasteiger charge is 2.35. The fraction of sp³-hybridized carbons (Fsp3) is 0.500. The largest absolute Gasteiger partial charge is 0.489 e. The van der Waals surface area contributed by atoms with Crippen LogP contribution in [0.2, 0.25) is 0 Å². The molecule has 0 N–H and O–H groups in total. The lowest BCUT2D eigenvalue weighted by Gasteiger charge is -2.29. The van der Waals surface area contributed by atoms with Gasteiger partial charge < -0.3 is 4.74 Å². The maximum Gasteiger partial charge on any atom is 0.248 e. The van der Waals surface area contributed by atoms with Crippen LogP contribution >= 0.6 is 15.9 Å². The van der Waals surface area contributed by atoms with Gasteiger partial charge in [-0.2, -0.15) is 0 Å². The minimum atomic E-state index is -2.59. The van der Waals surface area contributed by atoms with Crippen molar-refractivity contribution in [1.29, 1.82) is 0 Å². The molecule has 0 radical (unpaired) electrons. The third-order valence-corrected chi connectivity index (χ3v) is 4.35. The van der Waals surface area contributed by atoms with E-state index in [2.05, 4.69) is 15.9 Å². The van der Waals surface area contributed by atoms with Crippen molar-refractivity contribution < 1.29 is 23.1 Å². The predicted octanol–water partition coefficient (Wildman–Crippen LogP) is 4.57. The Hall–Kier alpha value is -1.30. The number of rotatable bonds is 5. The Bertz CT molecular complexity index is 577. The molecular formula is C16H17BrF2O3. The molecule has 1 aromatic rings. The molecule has 6 heteroatoms. The Kier molecular flexibility index (Phi) is 5.32. The molecule has 0 heterocycles. The summed E-state index contributed by atoms with van der Waals surface area (Å²) in [6.45, 7) is 1.63. The van der Waals surface area contributed by atoms with Crippen molar-refractivity contribution in [2.24, 2.45) is 0 Å². The van der Waals surface area contributed by atoms with Gasteiger partial charge in [0, 0.05) is 24.8 Å². The van der Waals surface area contributed by atoms with Crippen LogP contribution in [0.1, 0.15) is 49.4 Å². The van der Waals surface area contributed by atoms with Gasteiger partial charge in [0.1, 0.15) is 5.75 Å². The summed E-state index contributed by atoms with van der Waals surface area (Å²) in [5.41, 5.74) is 0.293. The van der Waals surface area contributed by atoms with Crippen molar-refractivity contribution in [1.82, 2.24) is 0 Å². The lowest BCUT2D eigenvalue weighted by molar-refractivity contribution is -0.114. The molecule has 1 aliphatic carbocycles. The summed E-state index contributed by atoms with van der Waals surface area (Å²) in [6, 6.07) is 4.64. The standard InChI is InChI=1S/C16H17BrF2O3/c1-2-13(20)15(21)10-3-4-14(12(17)9-10)22-11-5-7-16(18,19)8-6-11/h3-4,9,11H,2,5-8H2,1H3. The van der Waals surface area contributed by atoms with Crippen molar-refractivity contribution in [2.75, 3.05) is 0 Å². The molecule has 0 atom stereocenters. The van der Waals surface area contributed by atoms with Crippen LogP contribution in [0.25, 0.3) is 0 Å². The lowest BCUT2D eigenvalue weighted by atomic mass is 9.94. The topological polar surface area (TPSA) is 43.4 Å². The van der Waals surface area contributed by atoms with Crippen molar-refractivity contribution >= 4 is 27.5 Å². The molecule has 0 unspecified atom stereocenters. The van der Waals surface area contributed by atoms with E-state index in [1.807, 2.05) is 0 Å². The maximum atomic E-state index is 13.1. The summed E-state index contributed by atoms with van der Waals surface area (Å²) in [6.07, 6.45) is 0.163. The molecule has 0 spiro atoms. The summed E-state index contributed by atoms with van der Waals surface area (Å²) in [7, 11) is 0. The zero-order valence-electron chi connectivity index (χ0n) is 12.2. The van der Waals surface area contributed by atoms with E-state index in [4.69, 9.17) is 4.74 Å². The zero-order chi connectivity index (χ0) is 16.3. The fourth-order valence-corrected chi connectivity index (χ4v) is 2.84. The molecule has 0 saturated heterocycles. The van der Waals surface area contributed by atoms with E-state index in [-0.39, 0.29) is 25.4 Å². The third kappa shape index (κ3) is 4.12. The van der Waals surface area contributed by atoms with Gasteiger partial charge in [0.05, 0.1) is 10.6 Å². The maximum absolute atomic E-state index is 13.1. The van der Waals surface area contributed by atoms with Crippen LogP contribution in [0.3, 0.4) is 0 Å². The molecule has 0 aromatic heterocycles. The SMILES string of the molecule is CCC(=O)C(=O)c1ccc(OC2CCC(F)(F)CC2)c(Br)c1. The number of Topliss-reactive ketones (excluding diaryl/α,β-unsaturated/α-hetero) is 2. The monoisotopic (exact) mass is 374 g/mol. The van der Waals surface area contributed by atoms with Crippen LogP contribution in [0.5, 0.6) is 5.75 Å². The Morgan fingerprint density at radius 2 is 1.95 bits per heavy atom. The molecule has 0 amide bonds. The van der Waals surface area contributed by atoms with Crippen LogP contribution in [0.4, 0.5) is 8.78 Å². The molecule has 0 bridgehead atoms. The molecule has 120 valence electrons. The second kappa shape index (κ2) is 6.86. The molecule has 1 aliphatic rings. The molecule has 3 nitrogen and oxygen atoms in total. The molecule has 1 saturated carbocycles. The number of ether oxygens (including phenoxy) is 1. The fourth-order valence-electron chi connectivity index (χ4n) is 2.37. The summed E-state index contributed by atoms with van der Waals surface area (Å²) in [4.78, 5) is 23.2. The third-order valence-electron chi connectivity index (χ3n) is 3.73. The van der Waals surface area contributed by atoms with Crippen LogP contribution < -0.4 is 4.74 Å². The van der Waals surface area contributed by atoms with Crippen LogP contribution in [-0.4, -0.2) is 23.6 Å². The Morgan fingerprint density at radius 1 is 1.32 bits per heavy atom. The summed E-state index contributed by atoms with van der Waals surface area (Å²) < 4.78 is 32.5. The molecule has 1 fully saturated rings. The number of carbonyl (C=O) groups excluding carboxylic acids is 2. The van der Waals surface area contributed by atoms with E-state index in [1.54, 1.807) is 13.0 Å². The number of ketones is 2.